The molecule has 1 fully saturated rings. The fourth-order valence-corrected chi connectivity index (χ4v) is 2.78. The lowest BCUT2D eigenvalue weighted by Crippen LogP contribution is -2.23. The summed E-state index contributed by atoms with van der Waals surface area (Å²) in [5, 5.41) is 18.6. The lowest BCUT2D eigenvalue weighted by molar-refractivity contribution is 0.528. The van der Waals surface area contributed by atoms with E-state index in [1.54, 1.807) is 6.07 Å². The number of nitriles is 1. The lowest BCUT2D eigenvalue weighted by Gasteiger charge is -2.20. The van der Waals surface area contributed by atoms with Gasteiger partial charge in [0, 0.05) is 11.8 Å². The molecule has 0 saturated heterocycles. The monoisotopic (exact) mass is 357 g/mol. The number of nitrogens with zero attached hydrogens (tertiary/aromatic N) is 4. The average Bonchev–Trinajstić information content (AvgIpc) is 3.21. The van der Waals surface area contributed by atoms with Crippen LogP contribution in [0, 0.1) is 28.8 Å². The summed E-state index contributed by atoms with van der Waals surface area (Å²) in [6, 6.07) is 6.37. The van der Waals surface area contributed by atoms with Gasteiger partial charge in [-0.1, -0.05) is 11.2 Å². The van der Waals surface area contributed by atoms with Crippen molar-refractivity contribution in [3.63, 3.8) is 0 Å². The Morgan fingerprint density at radius 1 is 1.12 bits per heavy atom. The summed E-state index contributed by atoms with van der Waals surface area (Å²) in [6.45, 7) is 0. The first kappa shape index (κ1) is 16.1. The summed E-state index contributed by atoms with van der Waals surface area (Å²) in [6.07, 6.45) is 2.17. The number of halogens is 3. The maximum absolute atomic E-state index is 14.4. The Bertz CT molecular complexity index is 1020. The number of anilines is 1. The molecule has 9 heteroatoms. The van der Waals surface area contributed by atoms with Crippen molar-refractivity contribution in [2.75, 3.05) is 5.32 Å². The molecule has 4 rings (SSSR count). The molecule has 0 atom stereocenters. The molecule has 2 aromatic heterocycles. The van der Waals surface area contributed by atoms with Crippen molar-refractivity contribution in [3.05, 3.63) is 59.4 Å². The van der Waals surface area contributed by atoms with Gasteiger partial charge < -0.3 is 9.73 Å². The van der Waals surface area contributed by atoms with E-state index in [0.717, 1.165) is 18.2 Å². The van der Waals surface area contributed by atoms with Gasteiger partial charge in [-0.05, 0) is 31.0 Å². The number of benzene rings is 1. The second kappa shape index (κ2) is 5.84. The third kappa shape index (κ3) is 2.65. The fraction of sp³-hybridized carbons (Fsp3) is 0.176. The van der Waals surface area contributed by atoms with Crippen molar-refractivity contribution in [2.24, 2.45) is 0 Å². The normalized spacial score (nSPS) is 14.7. The molecule has 0 spiro atoms. The topological polar surface area (TPSA) is 87.6 Å². The van der Waals surface area contributed by atoms with Gasteiger partial charge in [-0.3, -0.25) is 0 Å². The van der Waals surface area contributed by atoms with Crippen LogP contribution in [0.2, 0.25) is 0 Å². The van der Waals surface area contributed by atoms with Gasteiger partial charge in [-0.2, -0.15) is 5.26 Å². The van der Waals surface area contributed by atoms with Crippen LogP contribution in [-0.2, 0) is 5.54 Å². The highest BCUT2D eigenvalue weighted by Gasteiger charge is 2.48. The molecule has 0 amide bonds. The van der Waals surface area contributed by atoms with Crippen LogP contribution in [-0.4, -0.2) is 15.2 Å². The van der Waals surface area contributed by atoms with Crippen molar-refractivity contribution in [1.82, 2.24) is 15.2 Å². The van der Waals surface area contributed by atoms with E-state index < -0.39 is 23.0 Å². The summed E-state index contributed by atoms with van der Waals surface area (Å²) in [4.78, 5) is 3.96. The van der Waals surface area contributed by atoms with Crippen LogP contribution < -0.4 is 5.32 Å². The van der Waals surface area contributed by atoms with E-state index in [-0.39, 0.29) is 28.7 Å². The zero-order chi connectivity index (χ0) is 18.3. The maximum Gasteiger partial charge on any atom is 0.321 e. The predicted octanol–water partition coefficient (Wildman–Crippen LogP) is 3.52. The summed E-state index contributed by atoms with van der Waals surface area (Å²) in [5.41, 5.74) is -0.965. The molecular weight excluding hydrogens is 347 g/mol. The second-order valence-corrected chi connectivity index (χ2v) is 5.88. The molecule has 26 heavy (non-hydrogen) atoms. The van der Waals surface area contributed by atoms with Gasteiger partial charge in [0.15, 0.2) is 17.7 Å². The summed E-state index contributed by atoms with van der Waals surface area (Å²) < 4.78 is 47.6. The van der Waals surface area contributed by atoms with E-state index in [9.17, 15) is 13.2 Å². The summed E-state index contributed by atoms with van der Waals surface area (Å²) >= 11 is 0. The number of hydrogen-bond donors (Lipinski definition) is 1. The molecule has 1 saturated carbocycles. The highest BCUT2D eigenvalue weighted by molar-refractivity contribution is 5.56. The van der Waals surface area contributed by atoms with Crippen LogP contribution >= 0.6 is 0 Å². The van der Waals surface area contributed by atoms with E-state index in [0.29, 0.717) is 12.8 Å². The molecule has 0 unspecified atom stereocenters. The minimum absolute atomic E-state index is 0.0548. The van der Waals surface area contributed by atoms with E-state index in [1.165, 1.54) is 12.3 Å². The van der Waals surface area contributed by atoms with Crippen LogP contribution in [0.15, 0.2) is 34.9 Å². The molecule has 0 aliphatic heterocycles. The molecule has 1 aliphatic rings. The Labute approximate surface area is 145 Å². The van der Waals surface area contributed by atoms with E-state index in [4.69, 9.17) is 9.68 Å². The van der Waals surface area contributed by atoms with Gasteiger partial charge in [-0.25, -0.2) is 18.2 Å². The minimum atomic E-state index is -1.02. The first-order valence-electron chi connectivity index (χ1n) is 7.64. The van der Waals surface area contributed by atoms with Gasteiger partial charge in [0.2, 0.25) is 0 Å². The highest BCUT2D eigenvalue weighted by Crippen LogP contribution is 2.50. The van der Waals surface area contributed by atoms with Gasteiger partial charge in [0.1, 0.15) is 11.6 Å². The van der Waals surface area contributed by atoms with E-state index in [1.807, 2.05) is 0 Å². The molecule has 1 aromatic carbocycles. The van der Waals surface area contributed by atoms with Crippen molar-refractivity contribution in [1.29, 1.82) is 5.26 Å². The smallest absolute Gasteiger partial charge is 0.321 e. The van der Waals surface area contributed by atoms with Crippen LogP contribution in [0.25, 0.3) is 11.5 Å². The first-order valence-corrected chi connectivity index (χ1v) is 7.64. The van der Waals surface area contributed by atoms with Gasteiger partial charge in [0.25, 0.3) is 5.89 Å². The molecule has 3 aromatic rings. The maximum atomic E-state index is 14.4. The average molecular weight is 357 g/mol. The molecular formula is C17H10F3N5O. The van der Waals surface area contributed by atoms with Crippen LogP contribution in [0.1, 0.15) is 24.3 Å². The summed E-state index contributed by atoms with van der Waals surface area (Å²) in [5.74, 6) is -2.59. The molecule has 1 aliphatic carbocycles. The molecule has 2 heterocycles. The number of nitrogens with one attached hydrogen (secondary N) is 1. The SMILES string of the molecule is N#Cc1nnc(-c2cnc(NC3(c4c(F)cccc4F)CC3)c(F)c2)o1. The molecule has 1 N–H and O–H groups in total. The van der Waals surface area contributed by atoms with Crippen LogP contribution in [0.3, 0.4) is 0 Å². The van der Waals surface area contributed by atoms with Crippen molar-refractivity contribution in [2.45, 2.75) is 18.4 Å². The molecule has 6 nitrogen and oxygen atoms in total. The quantitative estimate of drug-likeness (QED) is 0.769. The van der Waals surface area contributed by atoms with Crippen molar-refractivity contribution in [3.8, 4) is 17.5 Å². The Morgan fingerprint density at radius 3 is 2.42 bits per heavy atom. The van der Waals surface area contributed by atoms with Crippen molar-refractivity contribution >= 4 is 5.82 Å². The summed E-state index contributed by atoms with van der Waals surface area (Å²) in [7, 11) is 0. The van der Waals surface area contributed by atoms with Crippen molar-refractivity contribution < 1.29 is 17.6 Å². The molecule has 130 valence electrons. The number of rotatable bonds is 4. The second-order valence-electron chi connectivity index (χ2n) is 5.88. The number of hydrogen-bond acceptors (Lipinski definition) is 6. The molecule has 0 radical (unpaired) electrons. The van der Waals surface area contributed by atoms with Gasteiger partial charge in [0.05, 0.1) is 11.1 Å². The third-order valence-corrected chi connectivity index (χ3v) is 4.16. The zero-order valence-corrected chi connectivity index (χ0v) is 13.1. The predicted molar refractivity (Wildman–Crippen MR) is 83.1 cm³/mol. The lowest BCUT2D eigenvalue weighted by atomic mass is 10.0. The number of pyridine rings is 1. The van der Waals surface area contributed by atoms with E-state index >= 15 is 0 Å². The third-order valence-electron chi connectivity index (χ3n) is 4.16. The standard InChI is InChI=1S/C17H10F3N5O/c18-10-2-1-3-11(19)14(10)17(4-5-17)23-15-12(20)6-9(8-22-15)16-25-24-13(7-21)26-16/h1-3,6,8H,4-5H2,(H,22,23). The van der Waals surface area contributed by atoms with E-state index in [2.05, 4.69) is 20.5 Å². The Morgan fingerprint density at radius 2 is 1.85 bits per heavy atom. The highest BCUT2D eigenvalue weighted by atomic mass is 19.1. The Hall–Kier alpha value is -3.41. The number of aromatic nitrogens is 3. The van der Waals surface area contributed by atoms with Crippen LogP contribution in [0.4, 0.5) is 19.0 Å². The fourth-order valence-electron chi connectivity index (χ4n) is 2.78. The zero-order valence-electron chi connectivity index (χ0n) is 13.1. The minimum Gasteiger partial charge on any atom is -0.408 e. The largest absolute Gasteiger partial charge is 0.408 e. The molecule has 0 bridgehead atoms. The Kier molecular flexibility index (Phi) is 3.61. The Balaban J connectivity index is 1.64. The van der Waals surface area contributed by atoms with Crippen LogP contribution in [0.5, 0.6) is 0 Å². The van der Waals surface area contributed by atoms with Gasteiger partial charge >= 0.3 is 5.89 Å². The first-order chi connectivity index (χ1) is 12.5. The van der Waals surface area contributed by atoms with Gasteiger partial charge in [-0.15, -0.1) is 5.10 Å².